The van der Waals surface area contributed by atoms with Crippen LogP contribution in [-0.2, 0) is 16.0 Å². The first-order chi connectivity index (χ1) is 16.5. The van der Waals surface area contributed by atoms with Crippen LogP contribution in [0.5, 0.6) is 0 Å². The zero-order chi connectivity index (χ0) is 24.3. The van der Waals surface area contributed by atoms with Gasteiger partial charge in [0.15, 0.2) is 0 Å². The van der Waals surface area contributed by atoms with Gasteiger partial charge in [-0.25, -0.2) is 4.79 Å². The highest BCUT2D eigenvalue weighted by Gasteiger charge is 2.26. The average molecular weight is 506 g/mol. The SMILES string of the molecule is COC(=O)[C@H](CCSC)NC(=O)c1cccc(NCC2CCC(SF)N2)c1Cc1ccccc1. The number of methoxy groups -OCH3 is 1. The molecule has 3 rings (SSSR count). The van der Waals surface area contributed by atoms with Gasteiger partial charge in [-0.15, -0.1) is 0 Å². The van der Waals surface area contributed by atoms with Gasteiger partial charge < -0.3 is 15.4 Å². The minimum Gasteiger partial charge on any atom is -0.467 e. The first kappa shape index (κ1) is 26.4. The van der Waals surface area contributed by atoms with Gasteiger partial charge in [-0.05, 0) is 54.5 Å². The van der Waals surface area contributed by atoms with Crippen LogP contribution in [0.1, 0.15) is 40.7 Å². The molecule has 184 valence electrons. The number of ether oxygens (including phenoxy) is 1. The Morgan fingerprint density at radius 2 is 1.97 bits per heavy atom. The number of halogens is 1. The highest BCUT2D eigenvalue weighted by molar-refractivity contribution is 7.98. The summed E-state index contributed by atoms with van der Waals surface area (Å²) in [6.45, 7) is 0.627. The maximum absolute atomic E-state index is 13.3. The van der Waals surface area contributed by atoms with E-state index in [-0.39, 0.29) is 17.3 Å². The molecule has 0 radical (unpaired) electrons. The number of carbonyl (C=O) groups excluding carboxylic acids is 2. The summed E-state index contributed by atoms with van der Waals surface area (Å²) < 4.78 is 17.8. The smallest absolute Gasteiger partial charge is 0.328 e. The Kier molecular flexibility index (Phi) is 10.6. The zero-order valence-corrected chi connectivity index (χ0v) is 21.1. The van der Waals surface area contributed by atoms with Gasteiger partial charge in [0, 0.05) is 30.3 Å². The third kappa shape index (κ3) is 7.38. The fourth-order valence-electron chi connectivity index (χ4n) is 4.07. The van der Waals surface area contributed by atoms with Crippen molar-refractivity contribution < 1.29 is 18.2 Å². The second kappa shape index (κ2) is 13.6. The molecule has 0 aliphatic carbocycles. The monoisotopic (exact) mass is 505 g/mol. The van der Waals surface area contributed by atoms with Gasteiger partial charge in [0.1, 0.15) is 6.04 Å². The molecule has 6 nitrogen and oxygen atoms in total. The number of thioether (sulfide) groups is 1. The highest BCUT2D eigenvalue weighted by atomic mass is 32.2. The van der Waals surface area contributed by atoms with Crippen molar-refractivity contribution in [1.82, 2.24) is 10.6 Å². The van der Waals surface area contributed by atoms with Crippen molar-refractivity contribution in [3.63, 3.8) is 0 Å². The van der Waals surface area contributed by atoms with Crippen LogP contribution in [0.4, 0.5) is 9.57 Å². The molecule has 2 unspecified atom stereocenters. The molecule has 1 heterocycles. The van der Waals surface area contributed by atoms with Crippen LogP contribution < -0.4 is 16.0 Å². The Morgan fingerprint density at radius 1 is 1.18 bits per heavy atom. The number of anilines is 1. The van der Waals surface area contributed by atoms with Crippen molar-refractivity contribution in [3.8, 4) is 0 Å². The Bertz CT molecular complexity index is 948. The van der Waals surface area contributed by atoms with E-state index in [1.54, 1.807) is 17.8 Å². The van der Waals surface area contributed by atoms with Crippen LogP contribution in [0.3, 0.4) is 0 Å². The molecule has 34 heavy (non-hydrogen) atoms. The van der Waals surface area contributed by atoms with E-state index in [0.717, 1.165) is 35.4 Å². The van der Waals surface area contributed by atoms with Gasteiger partial charge in [0.05, 0.1) is 24.6 Å². The lowest BCUT2D eigenvalue weighted by Gasteiger charge is -2.21. The van der Waals surface area contributed by atoms with Gasteiger partial charge in [0.2, 0.25) is 0 Å². The van der Waals surface area contributed by atoms with Crippen molar-refractivity contribution in [1.29, 1.82) is 0 Å². The number of hydrogen-bond donors (Lipinski definition) is 3. The summed E-state index contributed by atoms with van der Waals surface area (Å²) in [6.07, 6.45) is 4.68. The summed E-state index contributed by atoms with van der Waals surface area (Å²) in [5.74, 6) is -0.0294. The molecule has 2 aromatic rings. The summed E-state index contributed by atoms with van der Waals surface area (Å²) in [6, 6.07) is 15.0. The fraction of sp³-hybridized carbons (Fsp3) is 0.440. The van der Waals surface area contributed by atoms with E-state index in [4.69, 9.17) is 4.74 Å². The largest absolute Gasteiger partial charge is 0.467 e. The third-order valence-corrected chi connectivity index (χ3v) is 7.12. The van der Waals surface area contributed by atoms with E-state index >= 15 is 0 Å². The van der Waals surface area contributed by atoms with Crippen molar-refractivity contribution in [2.75, 3.05) is 31.0 Å². The number of benzene rings is 2. The summed E-state index contributed by atoms with van der Waals surface area (Å²) in [5.41, 5.74) is 3.30. The summed E-state index contributed by atoms with van der Waals surface area (Å²) >= 11 is 1.96. The molecule has 0 aromatic heterocycles. The summed E-state index contributed by atoms with van der Waals surface area (Å²) in [7, 11) is 1.33. The van der Waals surface area contributed by atoms with Crippen LogP contribution in [0, 0.1) is 0 Å². The van der Waals surface area contributed by atoms with Gasteiger partial charge in [-0.3, -0.25) is 10.1 Å². The molecular formula is C25H32FN3O3S2. The molecule has 1 saturated heterocycles. The van der Waals surface area contributed by atoms with Crippen LogP contribution in [0.2, 0.25) is 0 Å². The molecule has 2 aromatic carbocycles. The van der Waals surface area contributed by atoms with Crippen LogP contribution >= 0.6 is 23.9 Å². The minimum absolute atomic E-state index is 0.158. The van der Waals surface area contributed by atoms with Gasteiger partial charge in [-0.1, -0.05) is 36.4 Å². The van der Waals surface area contributed by atoms with E-state index in [1.807, 2.05) is 48.7 Å². The number of esters is 1. The second-order valence-electron chi connectivity index (χ2n) is 8.22. The Balaban J connectivity index is 1.83. The van der Waals surface area contributed by atoms with Gasteiger partial charge >= 0.3 is 5.97 Å². The Labute approximate surface area is 209 Å². The number of nitrogens with one attached hydrogen (secondary N) is 3. The molecule has 0 spiro atoms. The van der Waals surface area contributed by atoms with E-state index in [9.17, 15) is 13.5 Å². The lowest BCUT2D eigenvalue weighted by Crippen LogP contribution is -2.42. The zero-order valence-electron chi connectivity index (χ0n) is 19.5. The van der Waals surface area contributed by atoms with Gasteiger partial charge in [-0.2, -0.15) is 15.6 Å². The van der Waals surface area contributed by atoms with Crippen LogP contribution in [-0.4, -0.2) is 55.0 Å². The molecule has 0 saturated carbocycles. The predicted octanol–water partition coefficient (Wildman–Crippen LogP) is 4.41. The number of hydrogen-bond acceptors (Lipinski definition) is 7. The first-order valence-electron chi connectivity index (χ1n) is 11.4. The quantitative estimate of drug-likeness (QED) is 0.369. The van der Waals surface area contributed by atoms with Crippen LogP contribution in [0.15, 0.2) is 48.5 Å². The highest BCUT2D eigenvalue weighted by Crippen LogP contribution is 2.26. The lowest BCUT2D eigenvalue weighted by molar-refractivity contribution is -0.142. The second-order valence-corrected chi connectivity index (χ2v) is 9.96. The average Bonchev–Trinajstić information content (AvgIpc) is 3.34. The molecule has 0 bridgehead atoms. The molecule has 1 aliphatic rings. The first-order valence-corrected chi connectivity index (χ1v) is 13.5. The predicted molar refractivity (Wildman–Crippen MR) is 139 cm³/mol. The maximum Gasteiger partial charge on any atom is 0.328 e. The molecule has 3 N–H and O–H groups in total. The topological polar surface area (TPSA) is 79.5 Å². The standard InChI is InChI=1S/C25H32FN3O3S2/c1-32-25(31)22(13-14-33-2)29-24(30)19-9-6-10-21(20(19)15-17-7-4-3-5-8-17)27-16-18-11-12-23(28-18)34-26/h3-10,18,22-23,27-28H,11-16H2,1-2H3,(H,29,30)/t18?,22-,23?/m0/s1. The lowest BCUT2D eigenvalue weighted by atomic mass is 9.96. The normalized spacial score (nSPS) is 18.3. The van der Waals surface area contributed by atoms with Crippen molar-refractivity contribution in [2.24, 2.45) is 0 Å². The molecule has 9 heteroatoms. The summed E-state index contributed by atoms with van der Waals surface area (Å²) in [4.78, 5) is 25.6. The van der Waals surface area contributed by atoms with Crippen molar-refractivity contribution in [2.45, 2.75) is 43.1 Å². The third-order valence-electron chi connectivity index (χ3n) is 5.89. The minimum atomic E-state index is -0.705. The van der Waals surface area contributed by atoms with E-state index < -0.39 is 12.0 Å². The van der Waals surface area contributed by atoms with E-state index in [1.165, 1.54) is 7.11 Å². The van der Waals surface area contributed by atoms with Crippen molar-refractivity contribution in [3.05, 3.63) is 65.2 Å². The maximum atomic E-state index is 13.3. The molecule has 1 fully saturated rings. The number of amides is 1. The van der Waals surface area contributed by atoms with Crippen molar-refractivity contribution >= 4 is 41.5 Å². The number of rotatable bonds is 12. The van der Waals surface area contributed by atoms with Crippen LogP contribution in [0.25, 0.3) is 0 Å². The Morgan fingerprint density at radius 3 is 2.65 bits per heavy atom. The molecular weight excluding hydrogens is 473 g/mol. The number of carbonyl (C=O) groups is 2. The van der Waals surface area contributed by atoms with E-state index in [2.05, 4.69) is 16.0 Å². The van der Waals surface area contributed by atoms with Gasteiger partial charge in [0.25, 0.3) is 5.91 Å². The summed E-state index contributed by atoms with van der Waals surface area (Å²) in [5, 5.41) is 9.45. The van der Waals surface area contributed by atoms with E-state index in [0.29, 0.717) is 37.1 Å². The molecule has 1 amide bonds. The molecule has 1 aliphatic heterocycles. The Hall–Kier alpha value is -2.23. The molecule has 3 atom stereocenters. The fourth-order valence-corrected chi connectivity index (χ4v) is 5.01.